The maximum atomic E-state index is 6.03. The zero-order valence-electron chi connectivity index (χ0n) is 10.4. The molecule has 3 N–H and O–H groups in total. The second-order valence-electron chi connectivity index (χ2n) is 3.83. The van der Waals surface area contributed by atoms with Crippen LogP contribution in [-0.4, -0.2) is 11.6 Å². The molecular weight excluding hydrogens is 226 g/mol. The van der Waals surface area contributed by atoms with Crippen molar-refractivity contribution >= 4 is 11.4 Å². The number of pyridine rings is 1. The van der Waals surface area contributed by atoms with Crippen molar-refractivity contribution in [2.75, 3.05) is 17.7 Å². The molecule has 1 aromatic carbocycles. The van der Waals surface area contributed by atoms with E-state index in [0.29, 0.717) is 24.6 Å². The molecule has 18 heavy (non-hydrogen) atoms. The highest BCUT2D eigenvalue weighted by atomic mass is 16.5. The van der Waals surface area contributed by atoms with Crippen molar-refractivity contribution in [1.82, 2.24) is 4.98 Å². The number of nitrogens with zero attached hydrogens (tertiary/aromatic N) is 1. The number of rotatable bonds is 5. The highest BCUT2D eigenvalue weighted by Crippen LogP contribution is 2.29. The number of nitrogens with one attached hydrogen (secondary N) is 1. The summed E-state index contributed by atoms with van der Waals surface area (Å²) in [5, 5.41) is 3.26. The Morgan fingerprint density at radius 2 is 2.11 bits per heavy atom. The van der Waals surface area contributed by atoms with Gasteiger partial charge in [0.05, 0.1) is 30.2 Å². The highest BCUT2D eigenvalue weighted by molar-refractivity contribution is 5.72. The maximum Gasteiger partial charge on any atom is 0.144 e. The Hall–Kier alpha value is -2.23. The number of anilines is 2. The molecule has 0 aliphatic carbocycles. The molecule has 0 aliphatic rings. The van der Waals surface area contributed by atoms with Crippen LogP contribution in [0.5, 0.6) is 5.75 Å². The second kappa shape index (κ2) is 5.91. The molecule has 0 unspecified atom stereocenters. The molecule has 2 aromatic rings. The van der Waals surface area contributed by atoms with Crippen molar-refractivity contribution in [3.63, 3.8) is 0 Å². The van der Waals surface area contributed by atoms with Crippen molar-refractivity contribution in [3.05, 3.63) is 48.3 Å². The predicted molar refractivity (Wildman–Crippen MR) is 73.6 cm³/mol. The van der Waals surface area contributed by atoms with Crippen molar-refractivity contribution in [3.8, 4) is 5.75 Å². The number of hydrogen-bond acceptors (Lipinski definition) is 4. The van der Waals surface area contributed by atoms with Crippen LogP contribution in [0.15, 0.2) is 42.6 Å². The average molecular weight is 243 g/mol. The van der Waals surface area contributed by atoms with Crippen LogP contribution in [0.3, 0.4) is 0 Å². The lowest BCUT2D eigenvalue weighted by atomic mass is 10.2. The number of para-hydroxylation sites is 1. The SMILES string of the molecule is CCOc1cccc(NCc2ccccn2)c1N. The lowest BCUT2D eigenvalue weighted by Crippen LogP contribution is -2.05. The fourth-order valence-electron chi connectivity index (χ4n) is 1.67. The molecule has 2 rings (SSSR count). The summed E-state index contributed by atoms with van der Waals surface area (Å²) in [5.74, 6) is 0.712. The summed E-state index contributed by atoms with van der Waals surface area (Å²) >= 11 is 0. The van der Waals surface area contributed by atoms with Gasteiger partial charge in [0.2, 0.25) is 0 Å². The number of ether oxygens (including phenoxy) is 1. The van der Waals surface area contributed by atoms with Crippen molar-refractivity contribution in [2.24, 2.45) is 0 Å². The molecular formula is C14H17N3O. The number of nitrogens with two attached hydrogens (primary N) is 1. The van der Waals surface area contributed by atoms with Gasteiger partial charge in [0, 0.05) is 6.20 Å². The molecule has 0 amide bonds. The van der Waals surface area contributed by atoms with Crippen LogP contribution in [-0.2, 0) is 6.54 Å². The van der Waals surface area contributed by atoms with E-state index in [1.807, 2.05) is 43.3 Å². The standard InChI is InChI=1S/C14H17N3O/c1-2-18-13-8-5-7-12(14(13)15)17-10-11-6-3-4-9-16-11/h3-9,17H,2,10,15H2,1H3. The second-order valence-corrected chi connectivity index (χ2v) is 3.83. The number of hydrogen-bond donors (Lipinski definition) is 2. The minimum Gasteiger partial charge on any atom is -0.492 e. The molecule has 0 saturated carbocycles. The monoisotopic (exact) mass is 243 g/mol. The molecule has 0 saturated heterocycles. The van der Waals surface area contributed by atoms with E-state index >= 15 is 0 Å². The van der Waals surface area contributed by atoms with Crippen molar-refractivity contribution in [1.29, 1.82) is 0 Å². The topological polar surface area (TPSA) is 60.2 Å². The summed E-state index contributed by atoms with van der Waals surface area (Å²) in [6.07, 6.45) is 1.77. The molecule has 0 spiro atoms. The lowest BCUT2D eigenvalue weighted by molar-refractivity contribution is 0.342. The number of benzene rings is 1. The van der Waals surface area contributed by atoms with E-state index in [1.54, 1.807) is 6.20 Å². The van der Waals surface area contributed by atoms with E-state index in [4.69, 9.17) is 10.5 Å². The first kappa shape index (κ1) is 12.2. The Labute approximate surface area is 107 Å². The molecule has 4 heteroatoms. The van der Waals surface area contributed by atoms with Gasteiger partial charge in [-0.25, -0.2) is 0 Å². The van der Waals surface area contributed by atoms with Gasteiger partial charge in [0.15, 0.2) is 0 Å². The molecule has 0 atom stereocenters. The van der Waals surface area contributed by atoms with Gasteiger partial charge in [-0.2, -0.15) is 0 Å². The largest absolute Gasteiger partial charge is 0.492 e. The summed E-state index contributed by atoms with van der Waals surface area (Å²) < 4.78 is 5.45. The Morgan fingerprint density at radius 1 is 1.22 bits per heavy atom. The van der Waals surface area contributed by atoms with Gasteiger partial charge in [-0.05, 0) is 31.2 Å². The van der Waals surface area contributed by atoms with Gasteiger partial charge in [0.1, 0.15) is 5.75 Å². The third-order valence-corrected chi connectivity index (χ3v) is 2.55. The first-order valence-corrected chi connectivity index (χ1v) is 5.96. The minimum absolute atomic E-state index is 0.605. The van der Waals surface area contributed by atoms with Gasteiger partial charge in [-0.3, -0.25) is 4.98 Å². The zero-order valence-corrected chi connectivity index (χ0v) is 10.4. The van der Waals surface area contributed by atoms with Crippen LogP contribution in [0, 0.1) is 0 Å². The minimum atomic E-state index is 0.605. The van der Waals surface area contributed by atoms with Gasteiger partial charge >= 0.3 is 0 Å². The molecule has 94 valence electrons. The predicted octanol–water partition coefficient (Wildman–Crippen LogP) is 2.67. The third kappa shape index (κ3) is 2.91. The van der Waals surface area contributed by atoms with Crippen LogP contribution in [0.2, 0.25) is 0 Å². The summed E-state index contributed by atoms with van der Waals surface area (Å²) in [5.41, 5.74) is 8.50. The van der Waals surface area contributed by atoms with Crippen molar-refractivity contribution < 1.29 is 4.74 Å². The van der Waals surface area contributed by atoms with E-state index in [2.05, 4.69) is 10.3 Å². The van der Waals surface area contributed by atoms with Crippen LogP contribution >= 0.6 is 0 Å². The Bertz CT molecular complexity index is 500. The molecule has 1 heterocycles. The van der Waals surface area contributed by atoms with Gasteiger partial charge in [0.25, 0.3) is 0 Å². The zero-order chi connectivity index (χ0) is 12.8. The van der Waals surface area contributed by atoms with Crippen LogP contribution in [0.4, 0.5) is 11.4 Å². The molecule has 1 aromatic heterocycles. The first-order chi connectivity index (χ1) is 8.81. The Balaban J connectivity index is 2.08. The van der Waals surface area contributed by atoms with E-state index in [1.165, 1.54) is 0 Å². The van der Waals surface area contributed by atoms with E-state index < -0.39 is 0 Å². The highest BCUT2D eigenvalue weighted by Gasteiger charge is 2.05. The fourth-order valence-corrected chi connectivity index (χ4v) is 1.67. The Kier molecular flexibility index (Phi) is 4.02. The number of aromatic nitrogens is 1. The summed E-state index contributed by atoms with van der Waals surface area (Å²) in [6.45, 7) is 3.18. The summed E-state index contributed by atoms with van der Waals surface area (Å²) in [4.78, 5) is 4.25. The van der Waals surface area contributed by atoms with Gasteiger partial charge in [-0.1, -0.05) is 12.1 Å². The molecule has 0 aliphatic heterocycles. The van der Waals surface area contributed by atoms with E-state index in [0.717, 1.165) is 11.4 Å². The normalized spacial score (nSPS) is 10.1. The summed E-state index contributed by atoms with van der Waals surface area (Å²) in [7, 11) is 0. The van der Waals surface area contributed by atoms with Crippen LogP contribution in [0.1, 0.15) is 12.6 Å². The third-order valence-electron chi connectivity index (χ3n) is 2.55. The molecule has 0 bridgehead atoms. The van der Waals surface area contributed by atoms with Crippen molar-refractivity contribution in [2.45, 2.75) is 13.5 Å². The molecule has 0 radical (unpaired) electrons. The Morgan fingerprint density at radius 3 is 2.83 bits per heavy atom. The summed E-state index contributed by atoms with van der Waals surface area (Å²) in [6, 6.07) is 11.5. The molecule has 0 fully saturated rings. The fraction of sp³-hybridized carbons (Fsp3) is 0.214. The lowest BCUT2D eigenvalue weighted by Gasteiger charge is -2.12. The maximum absolute atomic E-state index is 6.03. The van der Waals surface area contributed by atoms with E-state index in [9.17, 15) is 0 Å². The van der Waals surface area contributed by atoms with Gasteiger partial charge in [-0.15, -0.1) is 0 Å². The first-order valence-electron chi connectivity index (χ1n) is 5.96. The van der Waals surface area contributed by atoms with Crippen LogP contribution in [0.25, 0.3) is 0 Å². The molecule has 4 nitrogen and oxygen atoms in total. The average Bonchev–Trinajstić information content (AvgIpc) is 2.41. The smallest absolute Gasteiger partial charge is 0.144 e. The van der Waals surface area contributed by atoms with E-state index in [-0.39, 0.29) is 0 Å². The van der Waals surface area contributed by atoms with Crippen LogP contribution < -0.4 is 15.8 Å². The van der Waals surface area contributed by atoms with Gasteiger partial charge < -0.3 is 15.8 Å². The quantitative estimate of drug-likeness (QED) is 0.793. The number of nitrogen functional groups attached to an aromatic ring is 1.